The van der Waals surface area contributed by atoms with E-state index in [4.69, 9.17) is 0 Å². The van der Waals surface area contributed by atoms with Crippen LogP contribution in [0.4, 0.5) is 5.69 Å². The predicted molar refractivity (Wildman–Crippen MR) is 113 cm³/mol. The van der Waals surface area contributed by atoms with Crippen molar-refractivity contribution in [1.29, 1.82) is 0 Å². The van der Waals surface area contributed by atoms with Crippen molar-refractivity contribution in [2.75, 3.05) is 31.2 Å². The van der Waals surface area contributed by atoms with E-state index in [1.165, 1.54) is 11.9 Å². The molecule has 2 aromatic rings. The number of carbonyl (C=O) groups excluding carboxylic acids is 1. The van der Waals surface area contributed by atoms with Gasteiger partial charge in [0, 0.05) is 42.1 Å². The molecule has 0 aromatic heterocycles. The molecule has 0 heterocycles. The highest BCUT2D eigenvalue weighted by Gasteiger charge is 2.15. The van der Waals surface area contributed by atoms with E-state index in [2.05, 4.69) is 17.2 Å². The molecule has 0 saturated heterocycles. The second kappa shape index (κ2) is 9.37. The first kappa shape index (κ1) is 22.1. The molecule has 0 bridgehead atoms. The minimum atomic E-state index is -4.31. The molecule has 3 N–H and O–H groups in total. The minimum absolute atomic E-state index is 0.113. The van der Waals surface area contributed by atoms with Gasteiger partial charge >= 0.3 is 0 Å². The molecule has 152 valence electrons. The first-order valence-electron chi connectivity index (χ1n) is 8.84. The van der Waals surface area contributed by atoms with Crippen molar-refractivity contribution >= 4 is 39.6 Å². The smallest absolute Gasteiger partial charge is 0.295 e. The number of fused-ring (bicyclic) bond motifs is 1. The van der Waals surface area contributed by atoms with Crippen molar-refractivity contribution in [2.45, 2.75) is 17.7 Å². The van der Waals surface area contributed by atoms with Gasteiger partial charge in [0.2, 0.25) is 5.91 Å². The van der Waals surface area contributed by atoms with E-state index < -0.39 is 17.3 Å². The van der Waals surface area contributed by atoms with Crippen molar-refractivity contribution in [1.82, 2.24) is 5.32 Å². The Kier molecular flexibility index (Phi) is 7.41. The van der Waals surface area contributed by atoms with Crippen molar-refractivity contribution in [3.63, 3.8) is 0 Å². The molecule has 0 fully saturated rings. The van der Waals surface area contributed by atoms with Crippen LogP contribution >= 0.6 is 7.14 Å². The van der Waals surface area contributed by atoms with Crippen LogP contribution in [0.5, 0.6) is 0 Å². The lowest BCUT2D eigenvalue weighted by Gasteiger charge is -2.12. The molecule has 9 heteroatoms. The second-order valence-electron chi connectivity index (χ2n) is 6.59. The zero-order valence-corrected chi connectivity index (χ0v) is 17.4. The van der Waals surface area contributed by atoms with Crippen LogP contribution in [-0.4, -0.2) is 44.8 Å². The van der Waals surface area contributed by atoms with Gasteiger partial charge in [-0.15, -0.1) is 0 Å². The molecule has 1 unspecified atom stereocenters. The quantitative estimate of drug-likeness (QED) is 0.306. The first-order valence-corrected chi connectivity index (χ1v) is 12.7. The fraction of sp³-hybridized carbons (Fsp3) is 0.316. The summed E-state index contributed by atoms with van der Waals surface area (Å²) in [4.78, 5) is 11.7. The Morgan fingerprint density at radius 3 is 2.54 bits per heavy atom. The Morgan fingerprint density at radius 2 is 1.86 bits per heavy atom. The summed E-state index contributed by atoms with van der Waals surface area (Å²) in [7, 11) is -6.64. The van der Waals surface area contributed by atoms with Gasteiger partial charge in [-0.2, -0.15) is 8.42 Å². The third-order valence-corrected chi connectivity index (χ3v) is 7.20. The zero-order valence-electron chi connectivity index (χ0n) is 15.7. The predicted octanol–water partition coefficient (Wildman–Crippen LogP) is 3.53. The van der Waals surface area contributed by atoms with E-state index in [0.29, 0.717) is 48.6 Å². The van der Waals surface area contributed by atoms with Gasteiger partial charge in [0.1, 0.15) is 12.0 Å². The molecule has 1 amide bonds. The van der Waals surface area contributed by atoms with E-state index in [0.717, 1.165) is 0 Å². The van der Waals surface area contributed by atoms with Gasteiger partial charge in [-0.3, -0.25) is 9.35 Å². The largest absolute Gasteiger partial charge is 0.383 e. The van der Waals surface area contributed by atoms with Crippen molar-refractivity contribution < 1.29 is 22.3 Å². The number of carbonyl (C=O) groups is 1. The molecule has 28 heavy (non-hydrogen) atoms. The van der Waals surface area contributed by atoms with E-state index in [9.17, 15) is 22.3 Å². The fourth-order valence-electron chi connectivity index (χ4n) is 2.79. The highest BCUT2D eigenvalue weighted by atomic mass is 32.2. The lowest BCUT2D eigenvalue weighted by atomic mass is 10.1. The molecule has 1 atom stereocenters. The normalized spacial score (nSPS) is 13.6. The minimum Gasteiger partial charge on any atom is -0.383 e. The summed E-state index contributed by atoms with van der Waals surface area (Å²) < 4.78 is 44.3. The molecular formula is C19H25N2O5PS. The van der Waals surface area contributed by atoms with Crippen LogP contribution < -0.4 is 10.6 Å². The van der Waals surface area contributed by atoms with Gasteiger partial charge in [-0.1, -0.05) is 30.8 Å². The summed E-state index contributed by atoms with van der Waals surface area (Å²) in [6, 6.07) is 9.79. The molecular weight excluding hydrogens is 399 g/mol. The summed E-state index contributed by atoms with van der Waals surface area (Å²) in [5, 5.41) is 7.03. The summed E-state index contributed by atoms with van der Waals surface area (Å²) in [6.45, 7) is 6.02. The van der Waals surface area contributed by atoms with E-state index >= 15 is 0 Å². The number of nitrogens with one attached hydrogen (secondary N) is 2. The Labute approximate surface area is 165 Å². The maximum Gasteiger partial charge on any atom is 0.295 e. The van der Waals surface area contributed by atoms with Gasteiger partial charge in [0.25, 0.3) is 10.1 Å². The topological polar surface area (TPSA) is 113 Å². The third-order valence-electron chi connectivity index (χ3n) is 4.31. The van der Waals surface area contributed by atoms with Crippen LogP contribution in [0.3, 0.4) is 0 Å². The molecule has 2 rings (SSSR count). The Hall–Kier alpha value is -2.15. The Balaban J connectivity index is 1.90. The van der Waals surface area contributed by atoms with E-state index in [-0.39, 0.29) is 10.8 Å². The number of anilines is 1. The number of hydrogen-bond acceptors (Lipinski definition) is 5. The molecule has 0 saturated carbocycles. The molecule has 2 aromatic carbocycles. The molecule has 0 aliphatic rings. The van der Waals surface area contributed by atoms with Gasteiger partial charge in [0.05, 0.1) is 0 Å². The fourth-order valence-corrected chi connectivity index (χ4v) is 4.47. The summed E-state index contributed by atoms with van der Waals surface area (Å²) in [6.07, 6.45) is 1.31. The molecule has 0 aliphatic heterocycles. The average Bonchev–Trinajstić information content (AvgIpc) is 2.64. The van der Waals surface area contributed by atoms with Crippen molar-refractivity contribution in [2.24, 2.45) is 0 Å². The first-order chi connectivity index (χ1) is 13.1. The Bertz CT molecular complexity index is 1020. The van der Waals surface area contributed by atoms with Crippen LogP contribution in [0.25, 0.3) is 10.8 Å². The zero-order chi connectivity index (χ0) is 20.8. The van der Waals surface area contributed by atoms with E-state index in [1.54, 1.807) is 37.0 Å². The van der Waals surface area contributed by atoms with Gasteiger partial charge < -0.3 is 15.2 Å². The Morgan fingerprint density at radius 1 is 1.18 bits per heavy atom. The summed E-state index contributed by atoms with van der Waals surface area (Å²) in [5.41, 5.74) is 0.704. The van der Waals surface area contributed by atoms with Crippen LogP contribution in [0.15, 0.2) is 53.7 Å². The van der Waals surface area contributed by atoms with E-state index in [1.807, 2.05) is 0 Å². The lowest BCUT2D eigenvalue weighted by molar-refractivity contribution is -0.121. The van der Waals surface area contributed by atoms with Gasteiger partial charge in [-0.25, -0.2) is 0 Å². The van der Waals surface area contributed by atoms with Crippen LogP contribution in [0.2, 0.25) is 0 Å². The maximum absolute atomic E-state index is 11.9. The summed E-state index contributed by atoms with van der Waals surface area (Å²) in [5.74, 6) is 1.35. The van der Waals surface area contributed by atoms with Gasteiger partial charge in [-0.05, 0) is 31.0 Å². The number of hydrogen-bond donors (Lipinski definition) is 3. The number of amides is 1. The SMILES string of the molecule is C=CP(C)(=O)CCCC(=O)NCCNc1cccc2c(S(=O)(=O)O)cccc12. The highest BCUT2D eigenvalue weighted by Crippen LogP contribution is 2.42. The van der Waals surface area contributed by atoms with Crippen LogP contribution in [0, 0.1) is 0 Å². The maximum atomic E-state index is 11.9. The highest BCUT2D eigenvalue weighted by molar-refractivity contribution is 7.86. The molecule has 0 spiro atoms. The second-order valence-corrected chi connectivity index (χ2v) is 11.1. The molecule has 7 nitrogen and oxygen atoms in total. The monoisotopic (exact) mass is 424 g/mol. The van der Waals surface area contributed by atoms with Gasteiger partial charge in [0.15, 0.2) is 0 Å². The van der Waals surface area contributed by atoms with Crippen LogP contribution in [0.1, 0.15) is 12.8 Å². The molecule has 0 aliphatic carbocycles. The number of rotatable bonds is 10. The van der Waals surface area contributed by atoms with Crippen molar-refractivity contribution in [3.05, 3.63) is 48.8 Å². The lowest BCUT2D eigenvalue weighted by Crippen LogP contribution is -2.28. The number of benzene rings is 2. The summed E-state index contributed by atoms with van der Waals surface area (Å²) >= 11 is 0. The average molecular weight is 424 g/mol. The van der Waals surface area contributed by atoms with Crippen molar-refractivity contribution in [3.8, 4) is 0 Å². The molecule has 0 radical (unpaired) electrons. The standard InChI is InChI=1S/C19H25N2O5PS/c1-3-27(2,23)14-6-11-19(22)21-13-12-20-17-9-4-8-16-15(17)7-5-10-18(16)28(24,25)26/h3-5,7-10,20H,1,6,11-14H2,2H3,(H,21,22)(H,24,25,26). The van der Waals surface area contributed by atoms with Crippen LogP contribution in [-0.2, 0) is 19.5 Å². The third kappa shape index (κ3) is 6.19.